The van der Waals surface area contributed by atoms with Crippen molar-refractivity contribution in [3.8, 4) is 6.07 Å². The van der Waals surface area contributed by atoms with Gasteiger partial charge in [0, 0.05) is 39.9 Å². The molecule has 1 aliphatic rings. The van der Waals surface area contributed by atoms with Crippen LogP contribution in [0.15, 0.2) is 130 Å². The number of aromatic nitrogens is 2. The maximum absolute atomic E-state index is 14.3. The number of hydrogen-bond donors (Lipinski definition) is 1. The Morgan fingerprint density at radius 3 is 2.50 bits per heavy atom. The first-order valence-electron chi connectivity index (χ1n) is 14.6. The van der Waals surface area contributed by atoms with Crippen molar-refractivity contribution in [1.29, 1.82) is 5.26 Å². The van der Waals surface area contributed by atoms with Crippen LogP contribution in [-0.2, 0) is 11.3 Å². The zero-order valence-electron chi connectivity index (χ0n) is 24.6. The second-order valence-electron chi connectivity index (χ2n) is 11.0. The standard InChI is InChI=1S/C37H26ClN5O2S/c1-23-33(35(44)41-29-11-3-2-4-12-29)34(24-15-17-28(38)18-16-24)43-36(45)32(46-37(43)40-23)19-27-22-42(31-14-8-7-13-30(27)31)21-26-10-6-5-9-25(26)20-39/h2-19,22,34H,21H2,1H3,(H,41,44)/b32-19-/t34-/m0/s1. The summed E-state index contributed by atoms with van der Waals surface area (Å²) in [5.74, 6) is -0.331. The van der Waals surface area contributed by atoms with Crippen molar-refractivity contribution in [3.63, 3.8) is 0 Å². The smallest absolute Gasteiger partial charge is 0.271 e. The van der Waals surface area contributed by atoms with Crippen LogP contribution in [0.2, 0.25) is 5.02 Å². The highest BCUT2D eigenvalue weighted by Crippen LogP contribution is 2.31. The lowest BCUT2D eigenvalue weighted by Crippen LogP contribution is -2.40. The Bertz CT molecular complexity index is 2400. The van der Waals surface area contributed by atoms with E-state index < -0.39 is 6.04 Å². The Hall–Kier alpha value is -5.49. The molecule has 0 aliphatic carbocycles. The minimum atomic E-state index is -0.705. The summed E-state index contributed by atoms with van der Waals surface area (Å²) in [5.41, 5.74) is 5.47. The van der Waals surface area contributed by atoms with Crippen molar-refractivity contribution in [1.82, 2.24) is 9.13 Å². The van der Waals surface area contributed by atoms with Gasteiger partial charge in [-0.25, -0.2) is 4.99 Å². The second-order valence-corrected chi connectivity index (χ2v) is 12.4. The van der Waals surface area contributed by atoms with E-state index in [1.54, 1.807) is 23.6 Å². The van der Waals surface area contributed by atoms with Crippen molar-refractivity contribution in [2.75, 3.05) is 5.32 Å². The van der Waals surface area contributed by atoms with E-state index in [-0.39, 0.29) is 11.5 Å². The lowest BCUT2D eigenvalue weighted by Gasteiger charge is -2.25. The predicted octanol–water partition coefficient (Wildman–Crippen LogP) is 6.40. The molecule has 6 aromatic rings. The van der Waals surface area contributed by atoms with Gasteiger partial charge in [0.05, 0.1) is 33.5 Å². The summed E-state index contributed by atoms with van der Waals surface area (Å²) >= 11 is 7.52. The number of amides is 1. The van der Waals surface area contributed by atoms with Gasteiger partial charge in [-0.1, -0.05) is 89.7 Å². The fraction of sp³-hybridized carbons (Fsp3) is 0.0811. The van der Waals surface area contributed by atoms with Gasteiger partial charge in [-0.3, -0.25) is 14.2 Å². The first-order chi connectivity index (χ1) is 22.4. The average molecular weight is 640 g/mol. The first-order valence-corrected chi connectivity index (χ1v) is 15.8. The minimum Gasteiger partial charge on any atom is -0.342 e. The normalized spacial score (nSPS) is 14.5. The molecule has 0 bridgehead atoms. The van der Waals surface area contributed by atoms with Crippen molar-refractivity contribution >= 4 is 51.5 Å². The third kappa shape index (κ3) is 5.36. The number of carbonyl (C=O) groups excluding carboxylic acids is 1. The molecule has 1 atom stereocenters. The first kappa shape index (κ1) is 29.2. The number of fused-ring (bicyclic) bond motifs is 2. The Balaban J connectivity index is 1.36. The Morgan fingerprint density at radius 1 is 1.00 bits per heavy atom. The van der Waals surface area contributed by atoms with Gasteiger partial charge < -0.3 is 9.88 Å². The van der Waals surface area contributed by atoms with E-state index in [2.05, 4.69) is 16.0 Å². The molecule has 3 heterocycles. The largest absolute Gasteiger partial charge is 0.342 e. The van der Waals surface area contributed by atoms with E-state index in [1.807, 2.05) is 103 Å². The zero-order chi connectivity index (χ0) is 31.8. The molecule has 0 saturated heterocycles. The van der Waals surface area contributed by atoms with Gasteiger partial charge in [0.25, 0.3) is 11.5 Å². The molecule has 0 saturated carbocycles. The third-order valence-electron chi connectivity index (χ3n) is 8.07. The van der Waals surface area contributed by atoms with Gasteiger partial charge in [-0.05, 0) is 60.5 Å². The molecule has 2 aromatic heterocycles. The van der Waals surface area contributed by atoms with Crippen LogP contribution in [0.25, 0.3) is 17.0 Å². The number of benzene rings is 4. The van der Waals surface area contributed by atoms with Crippen LogP contribution in [-0.4, -0.2) is 15.0 Å². The van der Waals surface area contributed by atoms with Crippen LogP contribution in [0, 0.1) is 11.3 Å². The molecule has 0 radical (unpaired) electrons. The molecule has 0 fully saturated rings. The number of nitrogens with zero attached hydrogens (tertiary/aromatic N) is 4. The molecule has 4 aromatic carbocycles. The van der Waals surface area contributed by atoms with Crippen LogP contribution in [0.4, 0.5) is 5.69 Å². The fourth-order valence-corrected chi connectivity index (χ4v) is 7.07. The molecule has 7 rings (SSSR count). The third-order valence-corrected chi connectivity index (χ3v) is 9.30. The van der Waals surface area contributed by atoms with Gasteiger partial charge in [0.2, 0.25) is 0 Å². The van der Waals surface area contributed by atoms with E-state index in [0.717, 1.165) is 27.6 Å². The number of carbonyl (C=O) groups is 1. The highest BCUT2D eigenvalue weighted by Gasteiger charge is 2.32. The summed E-state index contributed by atoms with van der Waals surface area (Å²) in [6.45, 7) is 2.31. The van der Waals surface area contributed by atoms with Crippen LogP contribution in [0.1, 0.15) is 35.2 Å². The number of nitrogens with one attached hydrogen (secondary N) is 1. The minimum absolute atomic E-state index is 0.243. The number of para-hydroxylation sites is 2. The topological polar surface area (TPSA) is 92.2 Å². The molecular formula is C37H26ClN5O2S. The number of allylic oxidation sites excluding steroid dienone is 1. The van der Waals surface area contributed by atoms with Crippen LogP contribution < -0.4 is 20.2 Å². The number of nitriles is 1. The van der Waals surface area contributed by atoms with Crippen molar-refractivity contribution in [2.24, 2.45) is 4.99 Å². The van der Waals surface area contributed by atoms with Crippen LogP contribution >= 0.6 is 22.9 Å². The molecule has 46 heavy (non-hydrogen) atoms. The predicted molar refractivity (Wildman–Crippen MR) is 182 cm³/mol. The molecule has 1 N–H and O–H groups in total. The molecular weight excluding hydrogens is 614 g/mol. The summed E-state index contributed by atoms with van der Waals surface area (Å²) in [6, 6.07) is 33.5. The van der Waals surface area contributed by atoms with Crippen molar-refractivity contribution < 1.29 is 4.79 Å². The summed E-state index contributed by atoms with van der Waals surface area (Å²) in [5, 5.41) is 14.2. The molecule has 0 unspecified atom stereocenters. The van der Waals surface area contributed by atoms with Gasteiger partial charge in [0.15, 0.2) is 4.80 Å². The molecule has 1 amide bonds. The molecule has 7 nitrogen and oxygen atoms in total. The van der Waals surface area contributed by atoms with E-state index in [0.29, 0.717) is 43.4 Å². The average Bonchev–Trinajstić information content (AvgIpc) is 3.57. The SMILES string of the molecule is CC1=C(C(=O)Nc2ccccc2)[C@H](c2ccc(Cl)cc2)n2c(s/c(=C\c3cn(Cc4ccccc4C#N)c4ccccc34)c2=O)=N1. The molecule has 0 spiro atoms. The van der Waals surface area contributed by atoms with E-state index in [4.69, 9.17) is 16.6 Å². The summed E-state index contributed by atoms with van der Waals surface area (Å²) in [4.78, 5) is 33.4. The second kappa shape index (κ2) is 12.1. The number of thiazole rings is 1. The number of rotatable bonds is 6. The van der Waals surface area contributed by atoms with Gasteiger partial charge in [0.1, 0.15) is 0 Å². The Labute approximate surface area is 273 Å². The summed E-state index contributed by atoms with van der Waals surface area (Å²) < 4.78 is 4.20. The molecule has 1 aliphatic heterocycles. The summed E-state index contributed by atoms with van der Waals surface area (Å²) in [6.07, 6.45) is 3.90. The number of anilines is 1. The van der Waals surface area contributed by atoms with Crippen LogP contribution in [0.5, 0.6) is 0 Å². The van der Waals surface area contributed by atoms with Gasteiger partial charge in [-0.15, -0.1) is 0 Å². The fourth-order valence-electron chi connectivity index (χ4n) is 5.91. The Morgan fingerprint density at radius 2 is 1.72 bits per heavy atom. The maximum atomic E-state index is 14.3. The summed E-state index contributed by atoms with van der Waals surface area (Å²) in [7, 11) is 0. The van der Waals surface area contributed by atoms with Gasteiger partial charge in [-0.2, -0.15) is 5.26 Å². The van der Waals surface area contributed by atoms with Gasteiger partial charge >= 0.3 is 0 Å². The number of halogens is 1. The quantitative estimate of drug-likeness (QED) is 0.229. The zero-order valence-corrected chi connectivity index (χ0v) is 26.2. The highest BCUT2D eigenvalue weighted by atomic mass is 35.5. The highest BCUT2D eigenvalue weighted by molar-refractivity contribution is 7.07. The monoisotopic (exact) mass is 639 g/mol. The lowest BCUT2D eigenvalue weighted by atomic mass is 9.95. The van der Waals surface area contributed by atoms with E-state index in [9.17, 15) is 14.9 Å². The maximum Gasteiger partial charge on any atom is 0.271 e. The van der Waals surface area contributed by atoms with E-state index in [1.165, 1.54) is 11.3 Å². The number of hydrogen-bond acceptors (Lipinski definition) is 5. The molecule has 9 heteroatoms. The van der Waals surface area contributed by atoms with Crippen molar-refractivity contribution in [2.45, 2.75) is 19.5 Å². The van der Waals surface area contributed by atoms with E-state index >= 15 is 0 Å². The Kier molecular flexibility index (Phi) is 7.71. The molecule has 224 valence electrons. The lowest BCUT2D eigenvalue weighted by molar-refractivity contribution is -0.113. The van der Waals surface area contributed by atoms with Crippen LogP contribution in [0.3, 0.4) is 0 Å². The van der Waals surface area contributed by atoms with Crippen molar-refractivity contribution in [3.05, 3.63) is 168 Å².